The van der Waals surface area contributed by atoms with E-state index in [0.717, 1.165) is 31.7 Å². The predicted octanol–water partition coefficient (Wildman–Crippen LogP) is 1.41. The number of hydrogen-bond donors (Lipinski definition) is 0. The predicted molar refractivity (Wildman–Crippen MR) is 55.6 cm³/mol. The van der Waals surface area contributed by atoms with Gasteiger partial charge in [-0.15, -0.1) is 5.10 Å². The first-order valence-electron chi connectivity index (χ1n) is 4.51. The van der Waals surface area contributed by atoms with E-state index in [-0.39, 0.29) is 0 Å². The van der Waals surface area contributed by atoms with Crippen LogP contribution in [0.3, 0.4) is 0 Å². The summed E-state index contributed by atoms with van der Waals surface area (Å²) in [7, 11) is 1.76. The first kappa shape index (κ1) is 10.3. The van der Waals surface area contributed by atoms with E-state index in [9.17, 15) is 0 Å². The molecule has 1 aliphatic heterocycles. The van der Waals surface area contributed by atoms with E-state index in [2.05, 4.69) is 14.5 Å². The number of halogens is 1. The van der Waals surface area contributed by atoms with Crippen molar-refractivity contribution in [1.82, 2.24) is 14.5 Å². The monoisotopic (exact) mass is 233 g/mol. The van der Waals surface area contributed by atoms with E-state index < -0.39 is 0 Å². The summed E-state index contributed by atoms with van der Waals surface area (Å²) in [4.78, 5) is 2.29. The number of likely N-dealkylation sites (tertiary alicyclic amines) is 1. The summed E-state index contributed by atoms with van der Waals surface area (Å²) in [5.41, 5.74) is 0.883. The molecule has 0 saturated carbocycles. The number of ether oxygens (including phenoxy) is 1. The quantitative estimate of drug-likeness (QED) is 0.792. The Morgan fingerprint density at radius 3 is 3.14 bits per heavy atom. The molecule has 1 aliphatic rings. The topological polar surface area (TPSA) is 38.2 Å². The Morgan fingerprint density at radius 1 is 1.71 bits per heavy atom. The Morgan fingerprint density at radius 2 is 2.57 bits per heavy atom. The summed E-state index contributed by atoms with van der Waals surface area (Å²) < 4.78 is 9.79. The molecule has 1 fully saturated rings. The van der Waals surface area contributed by atoms with Gasteiger partial charge in [0.05, 0.1) is 6.10 Å². The summed E-state index contributed by atoms with van der Waals surface area (Å²) in [5, 5.41) is 3.98. The van der Waals surface area contributed by atoms with Gasteiger partial charge < -0.3 is 4.74 Å². The van der Waals surface area contributed by atoms with Crippen LogP contribution in [0.25, 0.3) is 0 Å². The maximum absolute atomic E-state index is 5.92. The molecule has 1 aromatic rings. The molecular formula is C8H12ClN3OS. The van der Waals surface area contributed by atoms with E-state index in [1.165, 1.54) is 11.5 Å². The summed E-state index contributed by atoms with van der Waals surface area (Å²) >= 11 is 7.16. The Hall–Kier alpha value is -0.230. The van der Waals surface area contributed by atoms with Gasteiger partial charge >= 0.3 is 0 Å². The maximum Gasteiger partial charge on any atom is 0.138 e. The van der Waals surface area contributed by atoms with Gasteiger partial charge in [-0.05, 0) is 6.42 Å². The second-order valence-corrected chi connectivity index (χ2v) is 4.73. The summed E-state index contributed by atoms with van der Waals surface area (Å²) in [6, 6.07) is 0. The fourth-order valence-corrected chi connectivity index (χ4v) is 2.25. The normalized spacial score (nSPS) is 23.1. The maximum atomic E-state index is 5.92. The van der Waals surface area contributed by atoms with Crippen molar-refractivity contribution in [2.45, 2.75) is 19.1 Å². The standard InChI is InChI=1S/C8H12ClN3OS/c1-13-6-2-3-12(4-6)5-7-8(9)14-11-10-7/h6H,2-5H2,1H3. The first-order valence-corrected chi connectivity index (χ1v) is 5.66. The van der Waals surface area contributed by atoms with Crippen LogP contribution >= 0.6 is 23.1 Å². The highest BCUT2D eigenvalue weighted by Gasteiger charge is 2.23. The molecule has 1 saturated heterocycles. The zero-order valence-corrected chi connectivity index (χ0v) is 9.51. The number of methoxy groups -OCH3 is 1. The molecule has 0 N–H and O–H groups in total. The van der Waals surface area contributed by atoms with Gasteiger partial charge in [0.25, 0.3) is 0 Å². The molecule has 0 aliphatic carbocycles. The zero-order chi connectivity index (χ0) is 9.97. The highest BCUT2D eigenvalue weighted by atomic mass is 35.5. The van der Waals surface area contributed by atoms with E-state index in [0.29, 0.717) is 10.4 Å². The second-order valence-electron chi connectivity index (χ2n) is 3.37. The minimum absolute atomic E-state index is 0.361. The second kappa shape index (κ2) is 4.53. The Labute approximate surface area is 92.0 Å². The molecule has 2 heterocycles. The molecule has 1 aromatic heterocycles. The zero-order valence-electron chi connectivity index (χ0n) is 7.94. The Kier molecular flexibility index (Phi) is 3.33. The van der Waals surface area contributed by atoms with Gasteiger partial charge in [-0.25, -0.2) is 0 Å². The molecule has 6 heteroatoms. The summed E-state index contributed by atoms with van der Waals surface area (Å²) in [5.74, 6) is 0. The van der Waals surface area contributed by atoms with Crippen molar-refractivity contribution in [3.05, 3.63) is 10.0 Å². The van der Waals surface area contributed by atoms with Crippen LogP contribution in [0, 0.1) is 0 Å². The molecular weight excluding hydrogens is 222 g/mol. The third kappa shape index (κ3) is 2.23. The SMILES string of the molecule is COC1CCN(Cc2nnsc2Cl)C1. The molecule has 4 nitrogen and oxygen atoms in total. The molecule has 0 spiro atoms. The van der Waals surface area contributed by atoms with Crippen LogP contribution in [0.1, 0.15) is 12.1 Å². The highest BCUT2D eigenvalue weighted by Crippen LogP contribution is 2.21. The fourth-order valence-electron chi connectivity index (χ4n) is 1.64. The molecule has 0 aromatic carbocycles. The van der Waals surface area contributed by atoms with E-state index in [1.54, 1.807) is 7.11 Å². The van der Waals surface area contributed by atoms with Crippen LogP contribution < -0.4 is 0 Å². The lowest BCUT2D eigenvalue weighted by molar-refractivity contribution is 0.107. The Balaban J connectivity index is 1.90. The molecule has 0 bridgehead atoms. The molecule has 0 radical (unpaired) electrons. The summed E-state index contributed by atoms with van der Waals surface area (Å²) in [6.07, 6.45) is 1.45. The largest absolute Gasteiger partial charge is 0.380 e. The lowest BCUT2D eigenvalue weighted by Crippen LogP contribution is -2.22. The van der Waals surface area contributed by atoms with Crippen molar-refractivity contribution in [3.8, 4) is 0 Å². The molecule has 14 heavy (non-hydrogen) atoms. The molecule has 0 amide bonds. The third-order valence-corrected chi connectivity index (χ3v) is 3.43. The molecule has 1 atom stereocenters. The molecule has 78 valence electrons. The van der Waals surface area contributed by atoms with Gasteiger partial charge in [-0.2, -0.15) is 0 Å². The van der Waals surface area contributed by atoms with Gasteiger partial charge in [0.2, 0.25) is 0 Å². The third-order valence-electron chi connectivity index (χ3n) is 2.45. The van der Waals surface area contributed by atoms with Crippen molar-refractivity contribution in [2.24, 2.45) is 0 Å². The van der Waals surface area contributed by atoms with E-state index >= 15 is 0 Å². The summed E-state index contributed by atoms with van der Waals surface area (Å²) in [6.45, 7) is 2.80. The highest BCUT2D eigenvalue weighted by molar-refractivity contribution is 7.10. The first-order chi connectivity index (χ1) is 6.79. The fraction of sp³-hybridized carbons (Fsp3) is 0.750. The number of rotatable bonds is 3. The van der Waals surface area contributed by atoms with Crippen molar-refractivity contribution in [1.29, 1.82) is 0 Å². The van der Waals surface area contributed by atoms with Crippen LogP contribution in [0.5, 0.6) is 0 Å². The van der Waals surface area contributed by atoms with E-state index in [1.807, 2.05) is 0 Å². The number of nitrogens with zero attached hydrogens (tertiary/aromatic N) is 3. The van der Waals surface area contributed by atoms with Crippen molar-refractivity contribution in [3.63, 3.8) is 0 Å². The van der Waals surface area contributed by atoms with Gasteiger partial charge in [-0.1, -0.05) is 16.1 Å². The molecule has 1 unspecified atom stereocenters. The van der Waals surface area contributed by atoms with Gasteiger partial charge in [0.15, 0.2) is 0 Å². The van der Waals surface area contributed by atoms with Gasteiger partial charge in [0.1, 0.15) is 10.0 Å². The van der Waals surface area contributed by atoms with Crippen molar-refractivity contribution >= 4 is 23.1 Å². The van der Waals surface area contributed by atoms with Crippen molar-refractivity contribution < 1.29 is 4.74 Å². The molecule has 2 rings (SSSR count). The number of hydrogen-bond acceptors (Lipinski definition) is 5. The van der Waals surface area contributed by atoms with Crippen LogP contribution in [-0.2, 0) is 11.3 Å². The minimum atomic E-state index is 0.361. The van der Waals surface area contributed by atoms with Crippen LogP contribution in [0.2, 0.25) is 4.34 Å². The lowest BCUT2D eigenvalue weighted by Gasteiger charge is -2.13. The van der Waals surface area contributed by atoms with Gasteiger partial charge in [0, 0.05) is 38.3 Å². The lowest BCUT2D eigenvalue weighted by atomic mass is 10.3. The Bertz CT molecular complexity index is 307. The van der Waals surface area contributed by atoms with E-state index in [4.69, 9.17) is 16.3 Å². The van der Waals surface area contributed by atoms with Crippen LogP contribution in [-0.4, -0.2) is 40.8 Å². The average Bonchev–Trinajstić information content (AvgIpc) is 2.77. The number of aromatic nitrogens is 2. The van der Waals surface area contributed by atoms with Crippen molar-refractivity contribution in [2.75, 3.05) is 20.2 Å². The van der Waals surface area contributed by atoms with Crippen LogP contribution in [0.15, 0.2) is 0 Å². The van der Waals surface area contributed by atoms with Crippen LogP contribution in [0.4, 0.5) is 0 Å². The minimum Gasteiger partial charge on any atom is -0.380 e. The smallest absolute Gasteiger partial charge is 0.138 e. The average molecular weight is 234 g/mol. The van der Waals surface area contributed by atoms with Gasteiger partial charge in [-0.3, -0.25) is 4.90 Å².